The molecule has 0 unspecified atom stereocenters. The molecular weight excluding hydrogens is 226 g/mol. The number of methoxy groups -OCH3 is 1. The zero-order valence-electron chi connectivity index (χ0n) is 11.6. The predicted molar refractivity (Wildman–Crippen MR) is 75.8 cm³/mol. The van der Waals surface area contributed by atoms with Gasteiger partial charge in [-0.05, 0) is 24.6 Å². The summed E-state index contributed by atoms with van der Waals surface area (Å²) in [5.74, 6) is 0.890. The van der Waals surface area contributed by atoms with Crippen LogP contribution in [0.3, 0.4) is 0 Å². The van der Waals surface area contributed by atoms with E-state index in [1.807, 2.05) is 18.2 Å². The first-order valence-corrected chi connectivity index (χ1v) is 6.78. The third kappa shape index (κ3) is 5.41. The van der Waals surface area contributed by atoms with Crippen molar-refractivity contribution in [2.24, 2.45) is 0 Å². The molecule has 1 aromatic rings. The molecule has 1 aromatic carbocycles. The van der Waals surface area contributed by atoms with Crippen LogP contribution in [0.1, 0.15) is 44.6 Å². The topological polar surface area (TPSA) is 44.5 Å². The highest BCUT2D eigenvalue weighted by Crippen LogP contribution is 2.22. The number of benzene rings is 1. The lowest BCUT2D eigenvalue weighted by atomic mass is 10.1. The summed E-state index contributed by atoms with van der Waals surface area (Å²) in [7, 11) is 1.68. The highest BCUT2D eigenvalue weighted by Gasteiger charge is 2.04. The highest BCUT2D eigenvalue weighted by molar-refractivity contribution is 5.47. The van der Waals surface area contributed by atoms with Crippen molar-refractivity contribution in [3.05, 3.63) is 23.8 Å². The minimum absolute atomic E-state index is 0.538. The lowest BCUT2D eigenvalue weighted by Crippen LogP contribution is -2.02. The molecule has 2 N–H and O–H groups in total. The van der Waals surface area contributed by atoms with Crippen molar-refractivity contribution in [1.82, 2.24) is 0 Å². The molecule has 0 aliphatic carbocycles. The average molecular weight is 251 g/mol. The first-order valence-electron chi connectivity index (χ1n) is 6.78. The molecule has 3 nitrogen and oxygen atoms in total. The molecule has 0 heterocycles. The molecule has 0 bridgehead atoms. The Morgan fingerprint density at radius 3 is 2.61 bits per heavy atom. The summed E-state index contributed by atoms with van der Waals surface area (Å²) >= 11 is 0. The van der Waals surface area contributed by atoms with Gasteiger partial charge in [0.05, 0.1) is 13.2 Å². The van der Waals surface area contributed by atoms with Crippen molar-refractivity contribution in [2.45, 2.75) is 45.6 Å². The molecule has 0 aliphatic heterocycles. The fraction of sp³-hybridized carbons (Fsp3) is 0.600. The van der Waals surface area contributed by atoms with Crippen LogP contribution in [-0.4, -0.2) is 13.7 Å². The van der Waals surface area contributed by atoms with Crippen molar-refractivity contribution < 1.29 is 9.47 Å². The molecule has 0 aromatic heterocycles. The quantitative estimate of drug-likeness (QED) is 0.537. The van der Waals surface area contributed by atoms with Crippen LogP contribution >= 0.6 is 0 Å². The number of unbranched alkanes of at least 4 members (excludes halogenated alkanes) is 4. The van der Waals surface area contributed by atoms with E-state index in [-0.39, 0.29) is 0 Å². The van der Waals surface area contributed by atoms with Gasteiger partial charge < -0.3 is 15.2 Å². The van der Waals surface area contributed by atoms with Gasteiger partial charge in [0.2, 0.25) is 0 Å². The van der Waals surface area contributed by atoms with E-state index in [0.717, 1.165) is 30.0 Å². The number of hydrogen-bond donors (Lipinski definition) is 1. The first kappa shape index (κ1) is 14.8. The molecule has 1 rings (SSSR count). The fourth-order valence-electron chi connectivity index (χ4n) is 1.90. The molecule has 0 radical (unpaired) electrons. The Morgan fingerprint density at radius 2 is 1.89 bits per heavy atom. The van der Waals surface area contributed by atoms with Crippen molar-refractivity contribution in [3.8, 4) is 5.75 Å². The Bertz CT molecular complexity index is 339. The number of ether oxygens (including phenoxy) is 2. The van der Waals surface area contributed by atoms with E-state index in [2.05, 4.69) is 6.92 Å². The van der Waals surface area contributed by atoms with E-state index in [9.17, 15) is 0 Å². The van der Waals surface area contributed by atoms with Crippen LogP contribution in [0.15, 0.2) is 18.2 Å². The van der Waals surface area contributed by atoms with Gasteiger partial charge in [-0.15, -0.1) is 0 Å². The van der Waals surface area contributed by atoms with E-state index in [1.165, 1.54) is 25.7 Å². The maximum absolute atomic E-state index is 5.79. The van der Waals surface area contributed by atoms with E-state index < -0.39 is 0 Å². The standard InChI is InChI=1S/C15H25NO2/c1-3-4-5-6-7-10-18-15-9-8-14(16)11-13(15)12-17-2/h8-9,11H,3-7,10,12,16H2,1-2H3. The van der Waals surface area contributed by atoms with Gasteiger partial charge in [-0.1, -0.05) is 32.6 Å². The summed E-state index contributed by atoms with van der Waals surface area (Å²) in [5, 5.41) is 0. The summed E-state index contributed by atoms with van der Waals surface area (Å²) in [6.45, 7) is 3.53. The normalized spacial score (nSPS) is 10.6. The highest BCUT2D eigenvalue weighted by atomic mass is 16.5. The van der Waals surface area contributed by atoms with Crippen LogP contribution in [-0.2, 0) is 11.3 Å². The van der Waals surface area contributed by atoms with Crippen molar-refractivity contribution in [3.63, 3.8) is 0 Å². The molecule has 102 valence electrons. The van der Waals surface area contributed by atoms with Gasteiger partial charge in [0.25, 0.3) is 0 Å². The van der Waals surface area contributed by atoms with Gasteiger partial charge in [0.15, 0.2) is 0 Å². The SMILES string of the molecule is CCCCCCCOc1ccc(N)cc1COC. The minimum Gasteiger partial charge on any atom is -0.493 e. The fourth-order valence-corrected chi connectivity index (χ4v) is 1.90. The molecule has 0 atom stereocenters. The van der Waals surface area contributed by atoms with Crippen LogP contribution in [0, 0.1) is 0 Å². The monoisotopic (exact) mass is 251 g/mol. The zero-order valence-corrected chi connectivity index (χ0v) is 11.6. The Kier molecular flexibility index (Phi) is 7.26. The second-order valence-corrected chi connectivity index (χ2v) is 4.56. The number of nitrogens with two attached hydrogens (primary N) is 1. The van der Waals surface area contributed by atoms with E-state index in [0.29, 0.717) is 6.61 Å². The zero-order chi connectivity index (χ0) is 13.2. The number of nitrogen functional groups attached to an aromatic ring is 1. The van der Waals surface area contributed by atoms with Gasteiger partial charge in [-0.3, -0.25) is 0 Å². The Hall–Kier alpha value is -1.22. The number of hydrogen-bond acceptors (Lipinski definition) is 3. The Labute approximate surface area is 110 Å². The number of anilines is 1. The molecular formula is C15H25NO2. The van der Waals surface area contributed by atoms with E-state index in [1.54, 1.807) is 7.11 Å². The van der Waals surface area contributed by atoms with Crippen LogP contribution in [0.2, 0.25) is 0 Å². The van der Waals surface area contributed by atoms with Crippen LogP contribution in [0.4, 0.5) is 5.69 Å². The second-order valence-electron chi connectivity index (χ2n) is 4.56. The maximum Gasteiger partial charge on any atom is 0.124 e. The third-order valence-corrected chi connectivity index (χ3v) is 2.89. The van der Waals surface area contributed by atoms with Gasteiger partial charge in [-0.25, -0.2) is 0 Å². The second kappa shape index (κ2) is 8.81. The first-order chi connectivity index (χ1) is 8.77. The van der Waals surface area contributed by atoms with Crippen LogP contribution < -0.4 is 10.5 Å². The van der Waals surface area contributed by atoms with Gasteiger partial charge >= 0.3 is 0 Å². The van der Waals surface area contributed by atoms with Crippen molar-refractivity contribution >= 4 is 5.69 Å². The molecule has 3 heteroatoms. The summed E-state index contributed by atoms with van der Waals surface area (Å²) in [5.41, 5.74) is 7.52. The molecule has 0 aliphatic rings. The molecule has 0 fully saturated rings. The molecule has 0 saturated carbocycles. The summed E-state index contributed by atoms with van der Waals surface area (Å²) in [4.78, 5) is 0. The van der Waals surface area contributed by atoms with Gasteiger partial charge in [0, 0.05) is 18.4 Å². The Morgan fingerprint density at radius 1 is 1.11 bits per heavy atom. The van der Waals surface area contributed by atoms with E-state index in [4.69, 9.17) is 15.2 Å². The summed E-state index contributed by atoms with van der Waals surface area (Å²) < 4.78 is 10.9. The summed E-state index contributed by atoms with van der Waals surface area (Å²) in [6, 6.07) is 5.71. The average Bonchev–Trinajstić information content (AvgIpc) is 2.36. The lowest BCUT2D eigenvalue weighted by Gasteiger charge is -2.11. The smallest absolute Gasteiger partial charge is 0.124 e. The van der Waals surface area contributed by atoms with Crippen LogP contribution in [0.25, 0.3) is 0 Å². The van der Waals surface area contributed by atoms with Crippen molar-refractivity contribution in [2.75, 3.05) is 19.5 Å². The van der Waals surface area contributed by atoms with Crippen molar-refractivity contribution in [1.29, 1.82) is 0 Å². The van der Waals surface area contributed by atoms with Gasteiger partial charge in [0.1, 0.15) is 5.75 Å². The van der Waals surface area contributed by atoms with E-state index >= 15 is 0 Å². The van der Waals surface area contributed by atoms with Crippen LogP contribution in [0.5, 0.6) is 5.75 Å². The molecule has 0 amide bonds. The maximum atomic E-state index is 5.79. The Balaban J connectivity index is 2.36. The summed E-state index contributed by atoms with van der Waals surface area (Å²) in [6.07, 6.45) is 6.24. The third-order valence-electron chi connectivity index (χ3n) is 2.89. The molecule has 0 spiro atoms. The largest absolute Gasteiger partial charge is 0.493 e. The number of rotatable bonds is 9. The van der Waals surface area contributed by atoms with Gasteiger partial charge in [-0.2, -0.15) is 0 Å². The lowest BCUT2D eigenvalue weighted by molar-refractivity contribution is 0.179. The molecule has 18 heavy (non-hydrogen) atoms. The predicted octanol–water partition coefficient (Wildman–Crippen LogP) is 3.76. The minimum atomic E-state index is 0.538. The molecule has 0 saturated heterocycles.